The Labute approximate surface area is 93.5 Å². The summed E-state index contributed by atoms with van der Waals surface area (Å²) in [5, 5.41) is 17.8. The molecule has 4 heteroatoms. The molecular formula is C12H14O4. The van der Waals surface area contributed by atoms with E-state index in [0.717, 1.165) is 12.0 Å². The van der Waals surface area contributed by atoms with Gasteiger partial charge in [-0.3, -0.25) is 0 Å². The minimum Gasteiger partial charge on any atom is -0.478 e. The lowest BCUT2D eigenvalue weighted by Crippen LogP contribution is -2.05. The second-order valence-corrected chi connectivity index (χ2v) is 3.76. The van der Waals surface area contributed by atoms with Crippen LogP contribution < -0.4 is 0 Å². The van der Waals surface area contributed by atoms with Crippen LogP contribution >= 0.6 is 0 Å². The van der Waals surface area contributed by atoms with E-state index in [4.69, 9.17) is 10.2 Å². The van der Waals surface area contributed by atoms with E-state index in [2.05, 4.69) is 0 Å². The maximum absolute atomic E-state index is 10.8. The van der Waals surface area contributed by atoms with Crippen LogP contribution in [-0.4, -0.2) is 22.2 Å². The zero-order valence-electron chi connectivity index (χ0n) is 9.23. The van der Waals surface area contributed by atoms with Crippen molar-refractivity contribution in [3.05, 3.63) is 34.9 Å². The summed E-state index contributed by atoms with van der Waals surface area (Å²) in [7, 11) is 0. The van der Waals surface area contributed by atoms with E-state index in [1.54, 1.807) is 0 Å². The summed E-state index contributed by atoms with van der Waals surface area (Å²) >= 11 is 0. The largest absolute Gasteiger partial charge is 0.478 e. The molecule has 0 bridgehead atoms. The third kappa shape index (κ3) is 2.59. The molecule has 2 N–H and O–H groups in total. The van der Waals surface area contributed by atoms with Gasteiger partial charge in [0.2, 0.25) is 0 Å². The number of carboxylic acid groups (broad SMARTS) is 2. The van der Waals surface area contributed by atoms with Crippen molar-refractivity contribution < 1.29 is 19.8 Å². The van der Waals surface area contributed by atoms with Crippen LogP contribution in [0.5, 0.6) is 0 Å². The quantitative estimate of drug-likeness (QED) is 0.821. The smallest absolute Gasteiger partial charge is 0.335 e. The molecule has 0 aliphatic heterocycles. The number of hydrogen-bond donors (Lipinski definition) is 2. The molecule has 4 nitrogen and oxygen atoms in total. The zero-order valence-corrected chi connectivity index (χ0v) is 9.23. The molecule has 1 aromatic carbocycles. The van der Waals surface area contributed by atoms with Crippen molar-refractivity contribution in [2.45, 2.75) is 26.2 Å². The molecule has 0 fully saturated rings. The minimum atomic E-state index is -1.10. The van der Waals surface area contributed by atoms with Gasteiger partial charge in [-0.25, -0.2) is 9.59 Å². The van der Waals surface area contributed by atoms with Crippen molar-refractivity contribution in [1.29, 1.82) is 0 Å². The van der Waals surface area contributed by atoms with E-state index in [1.807, 2.05) is 13.8 Å². The van der Waals surface area contributed by atoms with E-state index in [0.29, 0.717) is 0 Å². The first-order chi connectivity index (χ1) is 7.45. The van der Waals surface area contributed by atoms with Crippen LogP contribution in [0, 0.1) is 0 Å². The molecule has 0 heterocycles. The maximum Gasteiger partial charge on any atom is 0.335 e. The molecule has 16 heavy (non-hydrogen) atoms. The van der Waals surface area contributed by atoms with Gasteiger partial charge in [0.1, 0.15) is 0 Å². The lowest BCUT2D eigenvalue weighted by Gasteiger charge is -2.10. The van der Waals surface area contributed by atoms with Crippen molar-refractivity contribution in [1.82, 2.24) is 0 Å². The molecule has 1 rings (SSSR count). The summed E-state index contributed by atoms with van der Waals surface area (Å²) < 4.78 is 0. The van der Waals surface area contributed by atoms with Crippen molar-refractivity contribution in [2.75, 3.05) is 0 Å². The second-order valence-electron chi connectivity index (χ2n) is 3.76. The molecule has 0 aliphatic rings. The Bertz CT molecular complexity index is 391. The Morgan fingerprint density at radius 1 is 1.12 bits per heavy atom. The van der Waals surface area contributed by atoms with Crippen LogP contribution in [0.25, 0.3) is 0 Å². The normalized spacial score (nSPS) is 12.1. The highest BCUT2D eigenvalue weighted by Crippen LogP contribution is 2.21. The lowest BCUT2D eigenvalue weighted by atomic mass is 9.94. The maximum atomic E-state index is 10.8. The Hall–Kier alpha value is -1.84. The Morgan fingerprint density at radius 2 is 1.56 bits per heavy atom. The summed E-state index contributed by atoms with van der Waals surface area (Å²) in [4.78, 5) is 21.7. The molecule has 0 aliphatic carbocycles. The van der Waals surface area contributed by atoms with Crippen LogP contribution in [0.3, 0.4) is 0 Å². The first kappa shape index (κ1) is 12.2. The van der Waals surface area contributed by atoms with Gasteiger partial charge in [-0.05, 0) is 36.1 Å². The molecule has 0 spiro atoms. The van der Waals surface area contributed by atoms with Gasteiger partial charge in [-0.1, -0.05) is 13.8 Å². The Balaban J connectivity index is 3.29. The highest BCUT2D eigenvalue weighted by molar-refractivity contribution is 5.94. The monoisotopic (exact) mass is 222 g/mol. The van der Waals surface area contributed by atoms with E-state index in [9.17, 15) is 9.59 Å². The highest BCUT2D eigenvalue weighted by Gasteiger charge is 2.13. The predicted octanol–water partition coefficient (Wildman–Crippen LogP) is 2.60. The topological polar surface area (TPSA) is 74.6 Å². The van der Waals surface area contributed by atoms with Gasteiger partial charge < -0.3 is 10.2 Å². The van der Waals surface area contributed by atoms with Crippen LogP contribution in [0.2, 0.25) is 0 Å². The molecule has 1 atom stereocenters. The van der Waals surface area contributed by atoms with Crippen LogP contribution in [0.1, 0.15) is 52.5 Å². The molecule has 0 radical (unpaired) electrons. The third-order valence-corrected chi connectivity index (χ3v) is 2.63. The number of carbonyl (C=O) groups is 2. The third-order valence-electron chi connectivity index (χ3n) is 2.63. The molecule has 1 aromatic rings. The molecule has 1 unspecified atom stereocenters. The van der Waals surface area contributed by atoms with Gasteiger partial charge in [0, 0.05) is 0 Å². The van der Waals surface area contributed by atoms with Crippen LogP contribution in [-0.2, 0) is 0 Å². The zero-order chi connectivity index (χ0) is 12.3. The lowest BCUT2D eigenvalue weighted by molar-refractivity contribution is 0.0696. The predicted molar refractivity (Wildman–Crippen MR) is 59.1 cm³/mol. The van der Waals surface area contributed by atoms with Gasteiger partial charge in [-0.15, -0.1) is 0 Å². The van der Waals surface area contributed by atoms with Gasteiger partial charge in [0.25, 0.3) is 0 Å². The number of rotatable bonds is 4. The van der Waals surface area contributed by atoms with Gasteiger partial charge in [-0.2, -0.15) is 0 Å². The first-order valence-electron chi connectivity index (χ1n) is 5.07. The average molecular weight is 222 g/mol. The molecule has 0 aromatic heterocycles. The van der Waals surface area contributed by atoms with E-state index < -0.39 is 11.9 Å². The van der Waals surface area contributed by atoms with Crippen molar-refractivity contribution in [3.63, 3.8) is 0 Å². The van der Waals surface area contributed by atoms with Gasteiger partial charge >= 0.3 is 11.9 Å². The standard InChI is InChI=1S/C12H14O4/c1-3-7(2)8-4-9(11(13)14)6-10(5-8)12(15)16/h4-7H,3H2,1-2H3,(H,13,14)(H,15,16). The average Bonchev–Trinajstić information content (AvgIpc) is 2.27. The SMILES string of the molecule is CCC(C)c1cc(C(=O)O)cc(C(=O)O)c1. The van der Waals surface area contributed by atoms with Crippen molar-refractivity contribution >= 4 is 11.9 Å². The van der Waals surface area contributed by atoms with Crippen molar-refractivity contribution in [2.24, 2.45) is 0 Å². The fourth-order valence-electron chi connectivity index (χ4n) is 1.42. The number of aromatic carboxylic acids is 2. The summed E-state index contributed by atoms with van der Waals surface area (Å²) in [6.45, 7) is 3.91. The summed E-state index contributed by atoms with van der Waals surface area (Å²) in [6, 6.07) is 4.24. The Morgan fingerprint density at radius 3 is 1.88 bits per heavy atom. The van der Waals surface area contributed by atoms with Gasteiger partial charge in [0.15, 0.2) is 0 Å². The second kappa shape index (κ2) is 4.79. The highest BCUT2D eigenvalue weighted by atomic mass is 16.4. The number of hydrogen-bond acceptors (Lipinski definition) is 2. The molecule has 0 saturated carbocycles. The number of carboxylic acids is 2. The van der Waals surface area contributed by atoms with E-state index >= 15 is 0 Å². The fourth-order valence-corrected chi connectivity index (χ4v) is 1.42. The first-order valence-corrected chi connectivity index (χ1v) is 5.07. The van der Waals surface area contributed by atoms with Gasteiger partial charge in [0.05, 0.1) is 11.1 Å². The van der Waals surface area contributed by atoms with E-state index in [1.165, 1.54) is 18.2 Å². The molecule has 86 valence electrons. The summed E-state index contributed by atoms with van der Waals surface area (Å²) in [5.74, 6) is -2.06. The van der Waals surface area contributed by atoms with Crippen molar-refractivity contribution in [3.8, 4) is 0 Å². The molecule has 0 amide bonds. The van der Waals surface area contributed by atoms with Crippen LogP contribution in [0.15, 0.2) is 18.2 Å². The number of benzene rings is 1. The van der Waals surface area contributed by atoms with E-state index in [-0.39, 0.29) is 17.0 Å². The molecular weight excluding hydrogens is 208 g/mol. The minimum absolute atomic E-state index is 0.0233. The Kier molecular flexibility index (Phi) is 3.66. The summed E-state index contributed by atoms with van der Waals surface area (Å²) in [6.07, 6.45) is 0.835. The molecule has 0 saturated heterocycles. The fraction of sp³-hybridized carbons (Fsp3) is 0.333. The van der Waals surface area contributed by atoms with Crippen LogP contribution in [0.4, 0.5) is 0 Å². The summed E-state index contributed by atoms with van der Waals surface area (Å²) in [5.41, 5.74) is 0.796.